The van der Waals surface area contributed by atoms with Crippen LogP contribution in [0.15, 0.2) is 12.1 Å². The standard InChI is InChI=1S/C16H23ClN2O/c1-11-8-12(2)16(14(17)9-11)18-10-15(20)19-13-6-4-3-5-7-13/h8-9,13,18H,3-7,10H2,1-2H3,(H,19,20). The summed E-state index contributed by atoms with van der Waals surface area (Å²) >= 11 is 6.22. The van der Waals surface area contributed by atoms with Gasteiger partial charge in [0.15, 0.2) is 0 Å². The molecule has 3 nitrogen and oxygen atoms in total. The molecule has 2 rings (SSSR count). The SMILES string of the molecule is Cc1cc(C)c(NCC(=O)NC2CCCCC2)c(Cl)c1. The smallest absolute Gasteiger partial charge is 0.239 e. The lowest BCUT2D eigenvalue weighted by molar-refractivity contribution is -0.120. The lowest BCUT2D eigenvalue weighted by Crippen LogP contribution is -2.39. The van der Waals surface area contributed by atoms with E-state index < -0.39 is 0 Å². The molecule has 20 heavy (non-hydrogen) atoms. The Hall–Kier alpha value is -1.22. The third kappa shape index (κ3) is 4.14. The number of halogens is 1. The molecular formula is C16H23ClN2O. The first-order chi connectivity index (χ1) is 9.56. The second kappa shape index (κ2) is 6.98. The Morgan fingerprint density at radius 2 is 1.95 bits per heavy atom. The summed E-state index contributed by atoms with van der Waals surface area (Å²) in [6, 6.07) is 4.33. The van der Waals surface area contributed by atoms with E-state index in [4.69, 9.17) is 11.6 Å². The fraction of sp³-hybridized carbons (Fsp3) is 0.562. The quantitative estimate of drug-likeness (QED) is 0.886. The van der Waals surface area contributed by atoms with E-state index in [-0.39, 0.29) is 12.5 Å². The molecule has 0 aromatic heterocycles. The van der Waals surface area contributed by atoms with Crippen molar-refractivity contribution in [2.24, 2.45) is 0 Å². The zero-order valence-corrected chi connectivity index (χ0v) is 13.0. The molecule has 1 aliphatic carbocycles. The molecular weight excluding hydrogens is 272 g/mol. The molecule has 1 aromatic carbocycles. The van der Waals surface area contributed by atoms with Crippen molar-refractivity contribution >= 4 is 23.2 Å². The maximum absolute atomic E-state index is 12.0. The number of amides is 1. The maximum atomic E-state index is 12.0. The van der Waals surface area contributed by atoms with E-state index in [1.54, 1.807) is 0 Å². The predicted molar refractivity (Wildman–Crippen MR) is 84.4 cm³/mol. The first kappa shape index (κ1) is 15.2. The summed E-state index contributed by atoms with van der Waals surface area (Å²) in [6.07, 6.45) is 5.96. The van der Waals surface area contributed by atoms with Crippen molar-refractivity contribution in [2.45, 2.75) is 52.0 Å². The molecule has 0 atom stereocenters. The van der Waals surface area contributed by atoms with Gasteiger partial charge in [-0.1, -0.05) is 36.9 Å². The van der Waals surface area contributed by atoms with E-state index in [0.717, 1.165) is 29.7 Å². The Labute approximate surface area is 126 Å². The molecule has 1 amide bonds. The van der Waals surface area contributed by atoms with Crippen LogP contribution in [0, 0.1) is 13.8 Å². The minimum Gasteiger partial charge on any atom is -0.375 e. The van der Waals surface area contributed by atoms with E-state index in [9.17, 15) is 4.79 Å². The van der Waals surface area contributed by atoms with Crippen LogP contribution in [0.1, 0.15) is 43.2 Å². The second-order valence-corrected chi connectivity index (χ2v) is 6.10. The molecule has 4 heteroatoms. The minimum absolute atomic E-state index is 0.0490. The predicted octanol–water partition coefficient (Wildman–Crippen LogP) is 3.82. The largest absolute Gasteiger partial charge is 0.375 e. The Balaban J connectivity index is 1.87. The van der Waals surface area contributed by atoms with Crippen molar-refractivity contribution in [2.75, 3.05) is 11.9 Å². The number of benzene rings is 1. The molecule has 0 radical (unpaired) electrons. The van der Waals surface area contributed by atoms with Crippen molar-refractivity contribution in [1.82, 2.24) is 5.32 Å². The van der Waals surface area contributed by atoms with Gasteiger partial charge in [0.25, 0.3) is 0 Å². The van der Waals surface area contributed by atoms with Gasteiger partial charge in [-0.15, -0.1) is 0 Å². The van der Waals surface area contributed by atoms with Gasteiger partial charge >= 0.3 is 0 Å². The zero-order chi connectivity index (χ0) is 14.5. The highest BCUT2D eigenvalue weighted by molar-refractivity contribution is 6.33. The van der Waals surface area contributed by atoms with Gasteiger partial charge in [0.05, 0.1) is 17.3 Å². The lowest BCUT2D eigenvalue weighted by atomic mass is 9.95. The van der Waals surface area contributed by atoms with Crippen molar-refractivity contribution in [3.63, 3.8) is 0 Å². The van der Waals surface area contributed by atoms with Crippen molar-refractivity contribution in [3.05, 3.63) is 28.3 Å². The number of hydrogen-bond acceptors (Lipinski definition) is 2. The Kier molecular flexibility index (Phi) is 5.30. The highest BCUT2D eigenvalue weighted by atomic mass is 35.5. The number of aryl methyl sites for hydroxylation is 2. The highest BCUT2D eigenvalue weighted by Gasteiger charge is 2.15. The van der Waals surface area contributed by atoms with Gasteiger partial charge in [0.2, 0.25) is 5.91 Å². The number of anilines is 1. The van der Waals surface area contributed by atoms with Crippen LogP contribution >= 0.6 is 11.6 Å². The second-order valence-electron chi connectivity index (χ2n) is 5.69. The number of carbonyl (C=O) groups is 1. The third-order valence-corrected chi connectivity index (χ3v) is 4.13. The van der Waals surface area contributed by atoms with Crippen LogP contribution in [0.25, 0.3) is 0 Å². The molecule has 110 valence electrons. The van der Waals surface area contributed by atoms with Gasteiger partial charge in [-0.25, -0.2) is 0 Å². The first-order valence-corrected chi connectivity index (χ1v) is 7.74. The van der Waals surface area contributed by atoms with Gasteiger partial charge in [-0.05, 0) is 43.9 Å². The summed E-state index contributed by atoms with van der Waals surface area (Å²) in [7, 11) is 0. The van der Waals surface area contributed by atoms with Gasteiger partial charge in [0, 0.05) is 6.04 Å². The van der Waals surface area contributed by atoms with Crippen LogP contribution in [-0.4, -0.2) is 18.5 Å². The van der Waals surface area contributed by atoms with Crippen molar-refractivity contribution in [3.8, 4) is 0 Å². The summed E-state index contributed by atoms with van der Waals surface area (Å²) in [6.45, 7) is 4.29. The first-order valence-electron chi connectivity index (χ1n) is 7.36. The summed E-state index contributed by atoms with van der Waals surface area (Å²) in [4.78, 5) is 12.0. The highest BCUT2D eigenvalue weighted by Crippen LogP contribution is 2.27. The lowest BCUT2D eigenvalue weighted by Gasteiger charge is -2.23. The molecule has 1 saturated carbocycles. The molecule has 0 bridgehead atoms. The number of rotatable bonds is 4. The summed E-state index contributed by atoms with van der Waals surface area (Å²) in [5.74, 6) is 0.0490. The van der Waals surface area contributed by atoms with Crippen LogP contribution in [-0.2, 0) is 4.79 Å². The van der Waals surface area contributed by atoms with Crippen LogP contribution in [0.4, 0.5) is 5.69 Å². The van der Waals surface area contributed by atoms with E-state index in [2.05, 4.69) is 16.7 Å². The molecule has 0 spiro atoms. The monoisotopic (exact) mass is 294 g/mol. The molecule has 1 fully saturated rings. The maximum Gasteiger partial charge on any atom is 0.239 e. The Bertz CT molecular complexity index is 458. The van der Waals surface area contributed by atoms with Crippen molar-refractivity contribution < 1.29 is 4.79 Å². The minimum atomic E-state index is 0.0490. The third-order valence-electron chi connectivity index (χ3n) is 3.83. The topological polar surface area (TPSA) is 41.1 Å². The van der Waals surface area contributed by atoms with Crippen LogP contribution < -0.4 is 10.6 Å². The normalized spacial score (nSPS) is 15.9. The van der Waals surface area contributed by atoms with Gasteiger partial charge < -0.3 is 10.6 Å². The Morgan fingerprint density at radius 1 is 1.25 bits per heavy atom. The van der Waals surface area contributed by atoms with Crippen LogP contribution in [0.2, 0.25) is 5.02 Å². The molecule has 2 N–H and O–H groups in total. The van der Waals surface area contributed by atoms with E-state index in [1.165, 1.54) is 19.3 Å². The van der Waals surface area contributed by atoms with Crippen molar-refractivity contribution in [1.29, 1.82) is 0 Å². The molecule has 1 aromatic rings. The van der Waals surface area contributed by atoms with Gasteiger partial charge in [-0.2, -0.15) is 0 Å². The summed E-state index contributed by atoms with van der Waals surface area (Å²) < 4.78 is 0. The van der Waals surface area contributed by atoms with Gasteiger partial charge in [0.1, 0.15) is 0 Å². The van der Waals surface area contributed by atoms with E-state index in [0.29, 0.717) is 11.1 Å². The van der Waals surface area contributed by atoms with E-state index >= 15 is 0 Å². The van der Waals surface area contributed by atoms with Crippen LogP contribution in [0.3, 0.4) is 0 Å². The fourth-order valence-electron chi connectivity index (χ4n) is 2.83. The molecule has 0 aliphatic heterocycles. The number of carbonyl (C=O) groups excluding carboxylic acids is 1. The molecule has 0 heterocycles. The fourth-order valence-corrected chi connectivity index (χ4v) is 3.22. The molecule has 0 unspecified atom stereocenters. The van der Waals surface area contributed by atoms with E-state index in [1.807, 2.05) is 19.9 Å². The van der Waals surface area contributed by atoms with Gasteiger partial charge in [-0.3, -0.25) is 4.79 Å². The summed E-state index contributed by atoms with van der Waals surface area (Å²) in [5, 5.41) is 6.92. The summed E-state index contributed by atoms with van der Waals surface area (Å²) in [5.41, 5.74) is 3.06. The average Bonchev–Trinajstić information content (AvgIpc) is 2.38. The molecule has 1 aliphatic rings. The number of hydrogen-bond donors (Lipinski definition) is 2. The van der Waals surface area contributed by atoms with Crippen LogP contribution in [0.5, 0.6) is 0 Å². The average molecular weight is 295 g/mol. The Morgan fingerprint density at radius 3 is 2.60 bits per heavy atom. The zero-order valence-electron chi connectivity index (χ0n) is 12.3. The molecule has 0 saturated heterocycles. The number of nitrogens with one attached hydrogen (secondary N) is 2.